The van der Waals surface area contributed by atoms with E-state index in [4.69, 9.17) is 9.47 Å². The zero-order chi connectivity index (χ0) is 31.0. The number of methoxy groups -OCH3 is 1. The summed E-state index contributed by atoms with van der Waals surface area (Å²) < 4.78 is 44.4. The molecule has 1 aromatic heterocycles. The average molecular weight is 624 g/mol. The van der Waals surface area contributed by atoms with Crippen molar-refractivity contribution in [3.63, 3.8) is 0 Å². The van der Waals surface area contributed by atoms with E-state index in [1.165, 1.54) is 36.2 Å². The van der Waals surface area contributed by atoms with Gasteiger partial charge >= 0.3 is 10.2 Å². The number of hydrogen-bond acceptors (Lipinski definition) is 7. The molecule has 11 heteroatoms. The van der Waals surface area contributed by atoms with Crippen LogP contribution in [0.15, 0.2) is 36.4 Å². The topological polar surface area (TPSA) is 96.3 Å². The fourth-order valence-corrected chi connectivity index (χ4v) is 7.86. The van der Waals surface area contributed by atoms with Crippen LogP contribution in [0.2, 0.25) is 0 Å². The van der Waals surface area contributed by atoms with Crippen molar-refractivity contribution in [3.8, 4) is 22.8 Å². The molecular weight excluding hydrogens is 578 g/mol. The molecule has 1 saturated carbocycles. The lowest BCUT2D eigenvalue weighted by molar-refractivity contribution is 0.0979. The van der Waals surface area contributed by atoms with E-state index in [-0.39, 0.29) is 12.6 Å². The number of fused-ring (bicyclic) bond motifs is 4. The van der Waals surface area contributed by atoms with Crippen molar-refractivity contribution in [2.75, 3.05) is 60.5 Å². The number of benzene rings is 2. The van der Waals surface area contributed by atoms with Crippen LogP contribution in [0, 0.1) is 0 Å². The molecule has 4 bridgehead atoms. The van der Waals surface area contributed by atoms with Crippen LogP contribution in [-0.2, 0) is 16.8 Å². The van der Waals surface area contributed by atoms with Crippen molar-refractivity contribution in [2.45, 2.75) is 57.5 Å². The predicted molar refractivity (Wildman–Crippen MR) is 173 cm³/mol. The van der Waals surface area contributed by atoms with Gasteiger partial charge in [0.15, 0.2) is 0 Å². The second kappa shape index (κ2) is 12.7. The summed E-state index contributed by atoms with van der Waals surface area (Å²) in [5.74, 6) is 1.30. The fraction of sp³-hybridized carbons (Fsp3) is 0.545. The Morgan fingerprint density at radius 2 is 1.77 bits per heavy atom. The van der Waals surface area contributed by atoms with E-state index in [0.29, 0.717) is 31.2 Å². The van der Waals surface area contributed by atoms with Crippen LogP contribution in [0.3, 0.4) is 0 Å². The van der Waals surface area contributed by atoms with Crippen LogP contribution >= 0.6 is 0 Å². The summed E-state index contributed by atoms with van der Waals surface area (Å²) in [7, 11) is 1.32. The van der Waals surface area contributed by atoms with Crippen LogP contribution in [0.1, 0.15) is 60.9 Å². The lowest BCUT2D eigenvalue weighted by Gasteiger charge is -2.34. The maximum atomic E-state index is 13.5. The first-order valence-corrected chi connectivity index (χ1v) is 17.3. The zero-order valence-corrected chi connectivity index (χ0v) is 27.2. The Morgan fingerprint density at radius 3 is 2.52 bits per heavy atom. The van der Waals surface area contributed by atoms with Gasteiger partial charge < -0.3 is 18.9 Å². The van der Waals surface area contributed by atoms with E-state index in [1.54, 1.807) is 13.2 Å². The molecule has 3 aromatic rings. The summed E-state index contributed by atoms with van der Waals surface area (Å²) in [6.45, 7) is 6.48. The lowest BCUT2D eigenvalue weighted by Crippen LogP contribution is -2.47. The fourth-order valence-electron chi connectivity index (χ4n) is 7.03. The number of likely N-dealkylation sites (N-methyl/N-ethyl adjacent to an activating group) is 3. The number of hydrogen-bond donors (Lipinski definition) is 1. The van der Waals surface area contributed by atoms with Gasteiger partial charge in [0, 0.05) is 67.9 Å². The number of amides is 1. The van der Waals surface area contributed by atoms with Gasteiger partial charge in [-0.05, 0) is 62.2 Å². The molecule has 1 fully saturated rings. The third kappa shape index (κ3) is 5.94. The number of carbonyl (C=O) groups is 1. The highest BCUT2D eigenvalue weighted by atomic mass is 32.2. The Balaban J connectivity index is 1.58. The SMILES string of the molecule is CCN1CCN(C)C2COc3cc(OC)ccc3-c3c(C4CCCCC4)c4ccc(cc4n3C2)C(=O)NS(=O)(=O)N(C)CC1. The molecule has 6 rings (SSSR count). The number of nitrogens with one attached hydrogen (secondary N) is 1. The van der Waals surface area contributed by atoms with Gasteiger partial charge in [-0.15, -0.1) is 0 Å². The molecule has 0 spiro atoms. The van der Waals surface area contributed by atoms with Crippen molar-refractivity contribution in [1.29, 1.82) is 0 Å². The Labute approximate surface area is 261 Å². The third-order valence-electron chi connectivity index (χ3n) is 9.85. The molecule has 1 atom stereocenters. The summed E-state index contributed by atoms with van der Waals surface area (Å²) in [5, 5.41) is 1.12. The molecular formula is C33H45N5O5S. The molecule has 1 aliphatic carbocycles. The maximum absolute atomic E-state index is 13.5. The van der Waals surface area contributed by atoms with E-state index >= 15 is 0 Å². The van der Waals surface area contributed by atoms with Gasteiger partial charge in [0.05, 0.1) is 18.8 Å². The first-order chi connectivity index (χ1) is 21.2. The van der Waals surface area contributed by atoms with Crippen LogP contribution < -0.4 is 14.2 Å². The average Bonchev–Trinajstić information content (AvgIpc) is 3.33. The Morgan fingerprint density at radius 1 is 1.00 bits per heavy atom. The van der Waals surface area contributed by atoms with Gasteiger partial charge in [-0.2, -0.15) is 12.7 Å². The van der Waals surface area contributed by atoms with Crippen LogP contribution in [0.5, 0.6) is 11.5 Å². The monoisotopic (exact) mass is 623 g/mol. The number of nitrogens with zero attached hydrogens (tertiary/aromatic N) is 4. The summed E-state index contributed by atoms with van der Waals surface area (Å²) in [4.78, 5) is 18.1. The molecule has 0 radical (unpaired) electrons. The number of rotatable bonds is 3. The Bertz CT molecular complexity index is 1630. The predicted octanol–water partition coefficient (Wildman–Crippen LogP) is 4.30. The highest BCUT2D eigenvalue weighted by molar-refractivity contribution is 7.87. The molecule has 1 amide bonds. The highest BCUT2D eigenvalue weighted by Crippen LogP contribution is 2.47. The minimum Gasteiger partial charge on any atom is -0.497 e. The van der Waals surface area contributed by atoms with E-state index in [0.717, 1.165) is 66.1 Å². The summed E-state index contributed by atoms with van der Waals surface area (Å²) >= 11 is 0. The van der Waals surface area contributed by atoms with Crippen LogP contribution in [0.4, 0.5) is 0 Å². The highest BCUT2D eigenvalue weighted by Gasteiger charge is 2.32. The van der Waals surface area contributed by atoms with Crippen molar-refractivity contribution >= 4 is 27.0 Å². The normalized spacial score (nSPS) is 22.7. The number of carbonyl (C=O) groups excluding carboxylic acids is 1. The molecule has 3 aliphatic rings. The first kappa shape index (κ1) is 30.9. The van der Waals surface area contributed by atoms with Crippen molar-refractivity contribution in [2.24, 2.45) is 0 Å². The van der Waals surface area contributed by atoms with Gasteiger partial charge in [0.1, 0.15) is 18.1 Å². The van der Waals surface area contributed by atoms with Crippen LogP contribution in [0.25, 0.3) is 22.2 Å². The van der Waals surface area contributed by atoms with Gasteiger partial charge in [-0.25, -0.2) is 4.72 Å². The molecule has 10 nitrogen and oxygen atoms in total. The number of aromatic nitrogens is 1. The summed E-state index contributed by atoms with van der Waals surface area (Å²) in [6.07, 6.45) is 5.85. The Hall–Kier alpha value is -3.12. The third-order valence-corrected chi connectivity index (χ3v) is 11.3. The minimum absolute atomic E-state index is 0.0649. The number of ether oxygens (including phenoxy) is 2. The van der Waals surface area contributed by atoms with E-state index in [1.807, 2.05) is 24.3 Å². The van der Waals surface area contributed by atoms with Gasteiger partial charge in [-0.3, -0.25) is 9.69 Å². The van der Waals surface area contributed by atoms with E-state index < -0.39 is 16.1 Å². The van der Waals surface area contributed by atoms with Crippen molar-refractivity contribution in [1.82, 2.24) is 23.4 Å². The van der Waals surface area contributed by atoms with Gasteiger partial charge in [-0.1, -0.05) is 32.3 Å². The first-order valence-electron chi connectivity index (χ1n) is 15.9. The van der Waals surface area contributed by atoms with Gasteiger partial charge in [0.25, 0.3) is 5.91 Å². The molecule has 44 heavy (non-hydrogen) atoms. The maximum Gasteiger partial charge on any atom is 0.303 e. The van der Waals surface area contributed by atoms with E-state index in [9.17, 15) is 13.2 Å². The van der Waals surface area contributed by atoms with Crippen molar-refractivity contribution in [3.05, 3.63) is 47.5 Å². The molecule has 2 aliphatic heterocycles. The van der Waals surface area contributed by atoms with Crippen molar-refractivity contribution < 1.29 is 22.7 Å². The Kier molecular flexibility index (Phi) is 8.92. The second-order valence-corrected chi connectivity index (χ2v) is 14.2. The molecule has 2 aromatic carbocycles. The second-order valence-electron chi connectivity index (χ2n) is 12.4. The molecule has 3 heterocycles. The molecule has 238 valence electrons. The standard InChI is InChI=1S/C33H45N5O5S/c1-5-37-17-15-35(2)25-21-38-29-19-24(33(39)34-44(40,41)36(3)16-18-37)11-13-27(29)31(23-9-7-6-8-10-23)32(38)28-14-12-26(42-4)20-30(28)43-22-25/h11-14,19-20,23,25H,5-10,15-18,21-22H2,1-4H3,(H,34,39). The summed E-state index contributed by atoms with van der Waals surface area (Å²) in [5.41, 5.74) is 4.72. The minimum atomic E-state index is -4.01. The van der Waals surface area contributed by atoms with E-state index in [2.05, 4.69) is 39.1 Å². The molecule has 1 unspecified atom stereocenters. The summed E-state index contributed by atoms with van der Waals surface area (Å²) in [6, 6.07) is 11.8. The zero-order valence-electron chi connectivity index (χ0n) is 26.3. The van der Waals surface area contributed by atoms with Gasteiger partial charge in [0.2, 0.25) is 0 Å². The largest absolute Gasteiger partial charge is 0.497 e. The smallest absolute Gasteiger partial charge is 0.303 e. The van der Waals surface area contributed by atoms with Crippen LogP contribution in [-0.4, -0.2) is 99.6 Å². The molecule has 1 N–H and O–H groups in total. The quantitative estimate of drug-likeness (QED) is 0.465. The lowest BCUT2D eigenvalue weighted by atomic mass is 9.81. The molecule has 0 saturated heterocycles.